The molecule has 2 aromatic rings. The SMILES string of the molecule is Cc1nc(CN2CCN(S(=O)(=O)c3ccc(F)c(Cl)c3)CC2)cs1. The van der Waals surface area contributed by atoms with Crippen LogP contribution in [0.25, 0.3) is 0 Å². The van der Waals surface area contributed by atoms with Gasteiger partial charge in [0.1, 0.15) is 5.82 Å². The number of sulfonamides is 1. The minimum absolute atomic E-state index is 0.0254. The third kappa shape index (κ3) is 3.78. The first-order valence-electron chi connectivity index (χ1n) is 7.45. The van der Waals surface area contributed by atoms with Gasteiger partial charge in [0, 0.05) is 38.1 Å². The summed E-state index contributed by atoms with van der Waals surface area (Å²) in [7, 11) is -3.65. The quantitative estimate of drug-likeness (QED) is 0.806. The third-order valence-electron chi connectivity index (χ3n) is 3.91. The van der Waals surface area contributed by atoms with E-state index in [4.69, 9.17) is 11.6 Å². The molecular formula is C15H17ClFN3O2S2. The van der Waals surface area contributed by atoms with Gasteiger partial charge in [0.15, 0.2) is 0 Å². The van der Waals surface area contributed by atoms with Crippen LogP contribution in [0.3, 0.4) is 0 Å². The first-order valence-corrected chi connectivity index (χ1v) is 10.1. The number of hydrogen-bond acceptors (Lipinski definition) is 5. The Morgan fingerprint density at radius 2 is 2.00 bits per heavy atom. The summed E-state index contributed by atoms with van der Waals surface area (Å²) in [6.07, 6.45) is 0. The van der Waals surface area contributed by atoms with Crippen molar-refractivity contribution < 1.29 is 12.8 Å². The van der Waals surface area contributed by atoms with Gasteiger partial charge in [0.05, 0.1) is 20.6 Å². The van der Waals surface area contributed by atoms with Gasteiger partial charge in [-0.2, -0.15) is 4.31 Å². The van der Waals surface area contributed by atoms with Crippen molar-refractivity contribution in [1.82, 2.24) is 14.2 Å². The Balaban J connectivity index is 1.65. The molecule has 2 heterocycles. The number of piperazine rings is 1. The van der Waals surface area contributed by atoms with Crippen LogP contribution in [-0.2, 0) is 16.6 Å². The van der Waals surface area contributed by atoms with E-state index in [0.29, 0.717) is 26.2 Å². The summed E-state index contributed by atoms with van der Waals surface area (Å²) >= 11 is 7.31. The monoisotopic (exact) mass is 389 g/mol. The zero-order chi connectivity index (χ0) is 17.3. The van der Waals surface area contributed by atoms with Crippen molar-refractivity contribution in [2.45, 2.75) is 18.4 Å². The average molecular weight is 390 g/mol. The summed E-state index contributed by atoms with van der Waals surface area (Å²) in [4.78, 5) is 6.64. The van der Waals surface area contributed by atoms with E-state index in [2.05, 4.69) is 9.88 Å². The van der Waals surface area contributed by atoms with Crippen molar-refractivity contribution >= 4 is 33.0 Å². The number of benzene rings is 1. The maximum absolute atomic E-state index is 13.2. The number of aryl methyl sites for hydroxylation is 1. The van der Waals surface area contributed by atoms with E-state index in [1.165, 1.54) is 10.4 Å². The van der Waals surface area contributed by atoms with Gasteiger partial charge in [-0.15, -0.1) is 11.3 Å². The Morgan fingerprint density at radius 3 is 2.58 bits per heavy atom. The zero-order valence-electron chi connectivity index (χ0n) is 13.1. The Hall–Kier alpha value is -1.06. The topological polar surface area (TPSA) is 53.5 Å². The Labute approximate surface area is 149 Å². The molecule has 1 aromatic heterocycles. The highest BCUT2D eigenvalue weighted by Gasteiger charge is 2.29. The van der Waals surface area contributed by atoms with Gasteiger partial charge in [0.25, 0.3) is 0 Å². The van der Waals surface area contributed by atoms with E-state index in [9.17, 15) is 12.8 Å². The molecule has 5 nitrogen and oxygen atoms in total. The van der Waals surface area contributed by atoms with Crippen LogP contribution in [-0.4, -0.2) is 48.8 Å². The highest BCUT2D eigenvalue weighted by Crippen LogP contribution is 2.23. The lowest BCUT2D eigenvalue weighted by Crippen LogP contribution is -2.48. The predicted octanol–water partition coefficient (Wildman–Crippen LogP) is 2.75. The van der Waals surface area contributed by atoms with Crippen LogP contribution >= 0.6 is 22.9 Å². The van der Waals surface area contributed by atoms with Crippen LogP contribution in [0, 0.1) is 12.7 Å². The predicted molar refractivity (Wildman–Crippen MR) is 92.3 cm³/mol. The summed E-state index contributed by atoms with van der Waals surface area (Å²) in [5, 5.41) is 2.87. The molecule has 0 radical (unpaired) electrons. The largest absolute Gasteiger partial charge is 0.295 e. The zero-order valence-corrected chi connectivity index (χ0v) is 15.5. The molecule has 0 aliphatic carbocycles. The van der Waals surface area contributed by atoms with E-state index in [-0.39, 0.29) is 9.92 Å². The molecule has 1 fully saturated rings. The molecule has 0 spiro atoms. The molecule has 0 unspecified atom stereocenters. The molecule has 0 N–H and O–H groups in total. The van der Waals surface area contributed by atoms with Gasteiger partial charge in [-0.1, -0.05) is 11.6 Å². The summed E-state index contributed by atoms with van der Waals surface area (Å²) < 4.78 is 39.9. The lowest BCUT2D eigenvalue weighted by atomic mass is 10.3. The second kappa shape index (κ2) is 7.05. The molecule has 0 bridgehead atoms. The van der Waals surface area contributed by atoms with Crippen LogP contribution in [0.4, 0.5) is 4.39 Å². The van der Waals surface area contributed by atoms with Gasteiger partial charge in [0.2, 0.25) is 10.0 Å². The fraction of sp³-hybridized carbons (Fsp3) is 0.400. The molecule has 9 heteroatoms. The van der Waals surface area contributed by atoms with E-state index < -0.39 is 15.8 Å². The fourth-order valence-electron chi connectivity index (χ4n) is 2.62. The maximum Gasteiger partial charge on any atom is 0.243 e. The number of thiazole rings is 1. The lowest BCUT2D eigenvalue weighted by Gasteiger charge is -2.33. The minimum atomic E-state index is -3.65. The van der Waals surface area contributed by atoms with Crippen molar-refractivity contribution in [3.8, 4) is 0 Å². The molecule has 0 atom stereocenters. The maximum atomic E-state index is 13.2. The first-order chi connectivity index (χ1) is 11.4. The van der Waals surface area contributed by atoms with Gasteiger partial charge in [-0.05, 0) is 25.1 Å². The standard InChI is InChI=1S/C15H17ClFN3O2S2/c1-11-18-12(10-23-11)9-19-4-6-20(7-5-19)24(21,22)13-2-3-15(17)14(16)8-13/h2-3,8,10H,4-7,9H2,1H3. The third-order valence-corrected chi connectivity index (χ3v) is 6.92. The number of rotatable bonds is 4. The molecule has 1 saturated heterocycles. The Kier molecular flexibility index (Phi) is 5.22. The van der Waals surface area contributed by atoms with E-state index in [0.717, 1.165) is 29.4 Å². The summed E-state index contributed by atoms with van der Waals surface area (Å²) in [6, 6.07) is 3.49. The molecule has 1 aliphatic rings. The summed E-state index contributed by atoms with van der Waals surface area (Å²) in [5.74, 6) is -0.626. The average Bonchev–Trinajstić information content (AvgIpc) is 2.95. The Bertz CT molecular complexity index is 833. The smallest absolute Gasteiger partial charge is 0.243 e. The fourth-order valence-corrected chi connectivity index (χ4v) is 4.92. The molecule has 130 valence electrons. The number of halogens is 2. The van der Waals surface area contributed by atoms with Crippen LogP contribution in [0.1, 0.15) is 10.7 Å². The molecular weight excluding hydrogens is 373 g/mol. The van der Waals surface area contributed by atoms with Crippen molar-refractivity contribution in [2.24, 2.45) is 0 Å². The normalized spacial score (nSPS) is 17.3. The minimum Gasteiger partial charge on any atom is -0.295 e. The molecule has 3 rings (SSSR count). The van der Waals surface area contributed by atoms with Crippen molar-refractivity contribution in [3.63, 3.8) is 0 Å². The van der Waals surface area contributed by atoms with E-state index in [1.807, 2.05) is 12.3 Å². The number of hydrogen-bond donors (Lipinski definition) is 0. The first kappa shape index (κ1) is 17.8. The van der Waals surface area contributed by atoms with Crippen molar-refractivity contribution in [1.29, 1.82) is 0 Å². The van der Waals surface area contributed by atoms with Gasteiger partial charge >= 0.3 is 0 Å². The second-order valence-electron chi connectivity index (χ2n) is 5.61. The van der Waals surface area contributed by atoms with E-state index >= 15 is 0 Å². The van der Waals surface area contributed by atoms with Crippen molar-refractivity contribution in [3.05, 3.63) is 45.1 Å². The van der Waals surface area contributed by atoms with Crippen LogP contribution in [0.5, 0.6) is 0 Å². The lowest BCUT2D eigenvalue weighted by molar-refractivity contribution is 0.180. The number of aromatic nitrogens is 1. The highest BCUT2D eigenvalue weighted by molar-refractivity contribution is 7.89. The molecule has 1 aromatic carbocycles. The van der Waals surface area contributed by atoms with Gasteiger partial charge in [-0.25, -0.2) is 17.8 Å². The van der Waals surface area contributed by atoms with Crippen molar-refractivity contribution in [2.75, 3.05) is 26.2 Å². The van der Waals surface area contributed by atoms with Gasteiger partial charge in [-0.3, -0.25) is 4.90 Å². The second-order valence-corrected chi connectivity index (χ2v) is 9.02. The van der Waals surface area contributed by atoms with Crippen LogP contribution < -0.4 is 0 Å². The molecule has 0 amide bonds. The Morgan fingerprint density at radius 1 is 1.29 bits per heavy atom. The van der Waals surface area contributed by atoms with Crippen LogP contribution in [0.15, 0.2) is 28.5 Å². The number of nitrogens with zero attached hydrogens (tertiary/aromatic N) is 3. The molecule has 24 heavy (non-hydrogen) atoms. The molecule has 1 aliphatic heterocycles. The summed E-state index contributed by atoms with van der Waals surface area (Å²) in [6.45, 7) is 4.73. The summed E-state index contributed by atoms with van der Waals surface area (Å²) in [5.41, 5.74) is 1.01. The highest BCUT2D eigenvalue weighted by atomic mass is 35.5. The molecule has 0 saturated carbocycles. The van der Waals surface area contributed by atoms with Gasteiger partial charge < -0.3 is 0 Å². The van der Waals surface area contributed by atoms with E-state index in [1.54, 1.807) is 11.3 Å². The van der Waals surface area contributed by atoms with Crippen LogP contribution in [0.2, 0.25) is 5.02 Å².